The molecule has 1 saturated heterocycles. The van der Waals surface area contributed by atoms with E-state index in [0.29, 0.717) is 17.7 Å². The standard InChI is InChI=1S/C21H19BrN6O/c22-16-7-8-18-17(13-16)19(29)27(12-4-6-15-5-3-9-23-14-15)21-25-24-20(28(18)21)26-10-1-2-11-26/h3-9,13-14H,1-2,10-12H2. The van der Waals surface area contributed by atoms with Gasteiger partial charge in [0.05, 0.1) is 10.9 Å². The first-order valence-corrected chi connectivity index (χ1v) is 10.4. The Balaban J connectivity index is 1.68. The fourth-order valence-corrected chi connectivity index (χ4v) is 4.19. The van der Waals surface area contributed by atoms with Gasteiger partial charge in [-0.1, -0.05) is 34.1 Å². The van der Waals surface area contributed by atoms with Gasteiger partial charge in [-0.05, 0) is 42.7 Å². The highest BCUT2D eigenvalue weighted by molar-refractivity contribution is 9.10. The minimum absolute atomic E-state index is 0.0787. The van der Waals surface area contributed by atoms with E-state index in [9.17, 15) is 4.79 Å². The minimum atomic E-state index is -0.0787. The highest BCUT2D eigenvalue weighted by Gasteiger charge is 2.22. The van der Waals surface area contributed by atoms with Crippen LogP contribution in [0.5, 0.6) is 0 Å². The highest BCUT2D eigenvalue weighted by Crippen LogP contribution is 2.24. The molecule has 0 N–H and O–H groups in total. The van der Waals surface area contributed by atoms with Crippen molar-refractivity contribution in [3.05, 3.63) is 69.2 Å². The molecule has 29 heavy (non-hydrogen) atoms. The molecule has 0 unspecified atom stereocenters. The number of pyridine rings is 1. The molecule has 1 aromatic carbocycles. The second kappa shape index (κ2) is 7.44. The lowest BCUT2D eigenvalue weighted by atomic mass is 10.2. The molecule has 0 bridgehead atoms. The number of allylic oxidation sites excluding steroid dienone is 1. The molecule has 5 rings (SSSR count). The normalized spacial score (nSPS) is 14.6. The van der Waals surface area contributed by atoms with E-state index >= 15 is 0 Å². The minimum Gasteiger partial charge on any atom is -0.341 e. The summed E-state index contributed by atoms with van der Waals surface area (Å²) >= 11 is 3.49. The van der Waals surface area contributed by atoms with Crippen LogP contribution >= 0.6 is 15.9 Å². The summed E-state index contributed by atoms with van der Waals surface area (Å²) in [5.74, 6) is 1.36. The number of rotatable bonds is 4. The third-order valence-electron chi connectivity index (χ3n) is 5.22. The Morgan fingerprint density at radius 2 is 2.00 bits per heavy atom. The van der Waals surface area contributed by atoms with Crippen molar-refractivity contribution in [1.29, 1.82) is 0 Å². The third kappa shape index (κ3) is 3.23. The number of halogens is 1. The lowest BCUT2D eigenvalue weighted by Gasteiger charge is -2.16. The van der Waals surface area contributed by atoms with E-state index in [-0.39, 0.29) is 5.56 Å². The maximum atomic E-state index is 13.3. The van der Waals surface area contributed by atoms with Crippen LogP contribution in [0.3, 0.4) is 0 Å². The van der Waals surface area contributed by atoms with Gasteiger partial charge in [0.1, 0.15) is 0 Å². The number of fused-ring (bicyclic) bond motifs is 3. The van der Waals surface area contributed by atoms with Crippen molar-refractivity contribution in [2.24, 2.45) is 0 Å². The summed E-state index contributed by atoms with van der Waals surface area (Å²) in [6, 6.07) is 9.63. The van der Waals surface area contributed by atoms with Crippen LogP contribution in [0.2, 0.25) is 0 Å². The van der Waals surface area contributed by atoms with E-state index in [2.05, 4.69) is 36.0 Å². The first-order valence-electron chi connectivity index (χ1n) is 9.61. The van der Waals surface area contributed by atoms with Gasteiger partial charge < -0.3 is 4.90 Å². The predicted octanol–water partition coefficient (Wildman–Crippen LogP) is 3.52. The SMILES string of the molecule is O=c1c2cc(Br)ccc2n2c(N3CCCC3)nnc2n1CC=Cc1cccnc1. The maximum absolute atomic E-state index is 13.3. The van der Waals surface area contributed by atoms with Gasteiger partial charge in [0.15, 0.2) is 0 Å². The Hall–Kier alpha value is -3.00. The van der Waals surface area contributed by atoms with E-state index in [4.69, 9.17) is 0 Å². The molecule has 7 nitrogen and oxygen atoms in total. The fourth-order valence-electron chi connectivity index (χ4n) is 3.82. The molecular weight excluding hydrogens is 432 g/mol. The van der Waals surface area contributed by atoms with Gasteiger partial charge >= 0.3 is 0 Å². The van der Waals surface area contributed by atoms with Crippen molar-refractivity contribution in [2.75, 3.05) is 18.0 Å². The van der Waals surface area contributed by atoms with Crippen molar-refractivity contribution in [2.45, 2.75) is 19.4 Å². The van der Waals surface area contributed by atoms with Crippen molar-refractivity contribution in [3.8, 4) is 0 Å². The Morgan fingerprint density at radius 3 is 2.79 bits per heavy atom. The quantitative estimate of drug-likeness (QED) is 0.475. The van der Waals surface area contributed by atoms with Crippen LogP contribution in [-0.4, -0.2) is 37.2 Å². The Kier molecular flexibility index (Phi) is 4.63. The second-order valence-electron chi connectivity index (χ2n) is 7.10. The van der Waals surface area contributed by atoms with Gasteiger partial charge in [-0.2, -0.15) is 0 Å². The second-order valence-corrected chi connectivity index (χ2v) is 8.01. The molecule has 0 radical (unpaired) electrons. The number of aromatic nitrogens is 5. The molecule has 1 aliphatic rings. The molecule has 1 aliphatic heterocycles. The van der Waals surface area contributed by atoms with Gasteiger partial charge in [-0.15, -0.1) is 10.2 Å². The molecular formula is C21H19BrN6O. The largest absolute Gasteiger partial charge is 0.341 e. The van der Waals surface area contributed by atoms with Crippen LogP contribution in [0.25, 0.3) is 22.8 Å². The summed E-state index contributed by atoms with van der Waals surface area (Å²) in [7, 11) is 0. The van der Waals surface area contributed by atoms with Crippen LogP contribution in [0.4, 0.5) is 5.95 Å². The molecule has 0 saturated carbocycles. The van der Waals surface area contributed by atoms with Gasteiger partial charge in [-0.3, -0.25) is 14.3 Å². The van der Waals surface area contributed by atoms with Crippen LogP contribution < -0.4 is 10.5 Å². The number of hydrogen-bond acceptors (Lipinski definition) is 5. The first kappa shape index (κ1) is 18.1. The number of benzene rings is 1. The Labute approximate surface area is 175 Å². The average Bonchev–Trinajstić information content (AvgIpc) is 3.41. The van der Waals surface area contributed by atoms with Gasteiger partial charge in [0, 0.05) is 36.5 Å². The van der Waals surface area contributed by atoms with Crippen molar-refractivity contribution >= 4 is 44.6 Å². The van der Waals surface area contributed by atoms with Crippen molar-refractivity contribution < 1.29 is 0 Å². The molecule has 4 aromatic rings. The highest BCUT2D eigenvalue weighted by atomic mass is 79.9. The summed E-state index contributed by atoms with van der Waals surface area (Å²) in [6.07, 6.45) is 9.72. The number of anilines is 1. The lowest BCUT2D eigenvalue weighted by molar-refractivity contribution is 0.786. The van der Waals surface area contributed by atoms with Crippen molar-refractivity contribution in [3.63, 3.8) is 0 Å². The van der Waals surface area contributed by atoms with Crippen LogP contribution in [0.15, 0.2) is 58.1 Å². The zero-order valence-electron chi connectivity index (χ0n) is 15.7. The summed E-state index contributed by atoms with van der Waals surface area (Å²) in [6.45, 7) is 2.31. The van der Waals surface area contributed by atoms with Gasteiger partial charge in [0.2, 0.25) is 11.7 Å². The molecule has 0 atom stereocenters. The predicted molar refractivity (Wildman–Crippen MR) is 117 cm³/mol. The smallest absolute Gasteiger partial charge is 0.263 e. The summed E-state index contributed by atoms with van der Waals surface area (Å²) < 4.78 is 4.55. The summed E-state index contributed by atoms with van der Waals surface area (Å²) in [5, 5.41) is 9.49. The topological polar surface area (TPSA) is 68.3 Å². The maximum Gasteiger partial charge on any atom is 0.263 e. The van der Waals surface area contributed by atoms with E-state index in [1.165, 1.54) is 0 Å². The molecule has 4 heterocycles. The Bertz CT molecular complexity index is 1270. The van der Waals surface area contributed by atoms with E-state index in [0.717, 1.165) is 47.4 Å². The van der Waals surface area contributed by atoms with Crippen LogP contribution in [0, 0.1) is 0 Å². The zero-order chi connectivity index (χ0) is 19.8. The van der Waals surface area contributed by atoms with Gasteiger partial charge in [0.25, 0.3) is 5.56 Å². The molecule has 0 spiro atoms. The molecule has 8 heteroatoms. The molecule has 0 amide bonds. The van der Waals surface area contributed by atoms with Crippen molar-refractivity contribution in [1.82, 2.24) is 24.1 Å². The van der Waals surface area contributed by atoms with E-state index in [1.54, 1.807) is 17.0 Å². The van der Waals surface area contributed by atoms with Crippen LogP contribution in [-0.2, 0) is 6.54 Å². The number of hydrogen-bond donors (Lipinski definition) is 0. The van der Waals surface area contributed by atoms with Crippen LogP contribution in [0.1, 0.15) is 18.4 Å². The number of nitrogens with zero attached hydrogens (tertiary/aromatic N) is 6. The van der Waals surface area contributed by atoms with E-state index in [1.807, 2.05) is 46.9 Å². The molecule has 0 aliphatic carbocycles. The first-order chi connectivity index (χ1) is 14.2. The lowest BCUT2D eigenvalue weighted by Crippen LogP contribution is -2.25. The van der Waals surface area contributed by atoms with E-state index < -0.39 is 0 Å². The van der Waals surface area contributed by atoms with Gasteiger partial charge in [-0.25, -0.2) is 4.40 Å². The Morgan fingerprint density at radius 1 is 1.14 bits per heavy atom. The summed E-state index contributed by atoms with van der Waals surface area (Å²) in [5.41, 5.74) is 1.73. The fraction of sp³-hybridized carbons (Fsp3) is 0.238. The average molecular weight is 451 g/mol. The molecule has 3 aromatic heterocycles. The monoisotopic (exact) mass is 450 g/mol. The zero-order valence-corrected chi connectivity index (χ0v) is 17.3. The summed E-state index contributed by atoms with van der Waals surface area (Å²) in [4.78, 5) is 19.6. The molecule has 1 fully saturated rings. The third-order valence-corrected chi connectivity index (χ3v) is 5.71. The molecule has 146 valence electrons.